The number of hydrogen-bond acceptors (Lipinski definition) is 1. The Hall–Kier alpha value is -0.430. The van der Waals surface area contributed by atoms with E-state index in [1.54, 1.807) is 0 Å². The minimum atomic E-state index is 0.588. The first-order valence-electron chi connectivity index (χ1n) is 2.39. The topological polar surface area (TPSA) is 26.0 Å². The monoisotopic (exact) mass is 131 g/mol. The van der Waals surface area contributed by atoms with Crippen LogP contribution in [-0.4, -0.2) is 0 Å². The summed E-state index contributed by atoms with van der Waals surface area (Å²) in [7, 11) is 0. The van der Waals surface area contributed by atoms with Gasteiger partial charge < -0.3 is 5.73 Å². The lowest BCUT2D eigenvalue weighted by Gasteiger charge is -1.86. The van der Waals surface area contributed by atoms with E-state index in [0.29, 0.717) is 5.03 Å². The molecule has 8 heavy (non-hydrogen) atoms. The summed E-state index contributed by atoms with van der Waals surface area (Å²) in [5.74, 6) is 0. The molecule has 0 aliphatic heterocycles. The minimum absolute atomic E-state index is 0.588. The zero-order chi connectivity index (χ0) is 6.57. The van der Waals surface area contributed by atoms with Crippen LogP contribution in [0.2, 0.25) is 0 Å². The van der Waals surface area contributed by atoms with E-state index in [1.807, 2.05) is 19.9 Å². The molecule has 0 aromatic carbocycles. The van der Waals surface area contributed by atoms with Crippen LogP contribution >= 0.6 is 11.6 Å². The van der Waals surface area contributed by atoms with Gasteiger partial charge in [0.2, 0.25) is 0 Å². The molecule has 0 rings (SSSR count). The molecule has 0 spiro atoms. The van der Waals surface area contributed by atoms with Gasteiger partial charge in [-0.1, -0.05) is 17.2 Å². The van der Waals surface area contributed by atoms with Gasteiger partial charge in [0.25, 0.3) is 0 Å². The van der Waals surface area contributed by atoms with Crippen LogP contribution in [0.15, 0.2) is 22.9 Å². The molecule has 2 heteroatoms. The van der Waals surface area contributed by atoms with Crippen molar-refractivity contribution in [2.24, 2.45) is 5.73 Å². The second-order valence-corrected chi connectivity index (χ2v) is 2.21. The number of allylic oxidation sites excluding steroid dienone is 3. The van der Waals surface area contributed by atoms with Gasteiger partial charge in [-0.25, -0.2) is 0 Å². The second kappa shape index (κ2) is 3.56. The second-order valence-electron chi connectivity index (χ2n) is 1.77. The van der Waals surface area contributed by atoms with Gasteiger partial charge in [0.15, 0.2) is 0 Å². The van der Waals surface area contributed by atoms with E-state index in [2.05, 4.69) is 0 Å². The average molecular weight is 132 g/mol. The van der Waals surface area contributed by atoms with Gasteiger partial charge in [-0.2, -0.15) is 0 Å². The molecule has 0 unspecified atom stereocenters. The fraction of sp³-hybridized carbons (Fsp3) is 0.333. The van der Waals surface area contributed by atoms with Crippen molar-refractivity contribution >= 4 is 11.6 Å². The smallest absolute Gasteiger partial charge is 0.0559 e. The van der Waals surface area contributed by atoms with Gasteiger partial charge in [0.1, 0.15) is 0 Å². The van der Waals surface area contributed by atoms with E-state index >= 15 is 0 Å². The van der Waals surface area contributed by atoms with E-state index in [-0.39, 0.29) is 0 Å². The molecule has 0 heterocycles. The van der Waals surface area contributed by atoms with Crippen LogP contribution in [-0.2, 0) is 0 Å². The summed E-state index contributed by atoms with van der Waals surface area (Å²) in [5.41, 5.74) is 6.23. The molecule has 1 nitrogen and oxygen atoms in total. The minimum Gasteiger partial charge on any atom is -0.403 e. The molecule has 0 aromatic rings. The molecule has 0 aromatic heterocycles. The maximum atomic E-state index is 5.52. The van der Waals surface area contributed by atoms with Gasteiger partial charge in [-0.05, 0) is 19.9 Å². The molecule has 0 saturated heterocycles. The van der Waals surface area contributed by atoms with Crippen molar-refractivity contribution in [1.82, 2.24) is 0 Å². The predicted molar refractivity (Wildman–Crippen MR) is 37.6 cm³/mol. The molecule has 0 radical (unpaired) electrons. The highest BCUT2D eigenvalue weighted by atomic mass is 35.5. The molecular formula is C6H10ClN. The summed E-state index contributed by atoms with van der Waals surface area (Å²) in [6.07, 6.45) is 3.18. The quantitative estimate of drug-likeness (QED) is 0.542. The zero-order valence-corrected chi connectivity index (χ0v) is 5.87. The molecule has 0 bridgehead atoms. The Bertz CT molecular complexity index is 120. The highest BCUT2D eigenvalue weighted by Crippen LogP contribution is 2.03. The summed E-state index contributed by atoms with van der Waals surface area (Å²) < 4.78 is 0. The third-order valence-electron chi connectivity index (χ3n) is 0.586. The zero-order valence-electron chi connectivity index (χ0n) is 5.11. The van der Waals surface area contributed by atoms with Crippen molar-refractivity contribution in [2.75, 3.05) is 0 Å². The van der Waals surface area contributed by atoms with Gasteiger partial charge in [-0.15, -0.1) is 0 Å². The van der Waals surface area contributed by atoms with Crippen LogP contribution in [0.1, 0.15) is 13.8 Å². The van der Waals surface area contributed by atoms with E-state index in [1.165, 1.54) is 6.20 Å². The third-order valence-corrected chi connectivity index (χ3v) is 0.821. The molecule has 0 aliphatic carbocycles. The number of hydrogen-bond donors (Lipinski definition) is 1. The SMILES string of the molecule is CC(C)=C/C(Cl)=C\N. The highest BCUT2D eigenvalue weighted by molar-refractivity contribution is 6.31. The van der Waals surface area contributed by atoms with Crippen LogP contribution in [0.25, 0.3) is 0 Å². The van der Waals surface area contributed by atoms with Crippen LogP contribution < -0.4 is 5.73 Å². The first kappa shape index (κ1) is 7.57. The molecular weight excluding hydrogens is 122 g/mol. The fourth-order valence-corrected chi connectivity index (χ4v) is 0.542. The molecule has 0 saturated carbocycles. The Morgan fingerprint density at radius 3 is 2.12 bits per heavy atom. The van der Waals surface area contributed by atoms with Crippen LogP contribution in [0.3, 0.4) is 0 Å². The van der Waals surface area contributed by atoms with Gasteiger partial charge >= 0.3 is 0 Å². The van der Waals surface area contributed by atoms with Gasteiger partial charge in [0, 0.05) is 6.20 Å². The summed E-state index contributed by atoms with van der Waals surface area (Å²) in [6.45, 7) is 3.93. The Kier molecular flexibility index (Phi) is 3.37. The van der Waals surface area contributed by atoms with E-state index in [0.717, 1.165) is 5.57 Å². The highest BCUT2D eigenvalue weighted by Gasteiger charge is 1.80. The summed E-state index contributed by atoms with van der Waals surface area (Å²) in [4.78, 5) is 0. The van der Waals surface area contributed by atoms with Crippen LogP contribution in [0.4, 0.5) is 0 Å². The lowest BCUT2D eigenvalue weighted by Crippen LogP contribution is -1.78. The largest absolute Gasteiger partial charge is 0.403 e. The van der Waals surface area contributed by atoms with E-state index in [9.17, 15) is 0 Å². The summed E-state index contributed by atoms with van der Waals surface area (Å²) >= 11 is 5.52. The van der Waals surface area contributed by atoms with Crippen molar-refractivity contribution in [3.63, 3.8) is 0 Å². The van der Waals surface area contributed by atoms with Crippen LogP contribution in [0, 0.1) is 0 Å². The maximum absolute atomic E-state index is 5.52. The van der Waals surface area contributed by atoms with Crippen molar-refractivity contribution in [1.29, 1.82) is 0 Å². The third kappa shape index (κ3) is 3.75. The molecule has 0 amide bonds. The standard InChI is InChI=1S/C6H10ClN/c1-5(2)3-6(7)4-8/h3-4H,8H2,1-2H3/b6-4+. The molecule has 0 aliphatic rings. The van der Waals surface area contributed by atoms with Crippen molar-refractivity contribution in [2.45, 2.75) is 13.8 Å². The molecule has 46 valence electrons. The Morgan fingerprint density at radius 1 is 1.50 bits per heavy atom. The van der Waals surface area contributed by atoms with Crippen LogP contribution in [0.5, 0.6) is 0 Å². The maximum Gasteiger partial charge on any atom is 0.0559 e. The number of nitrogens with two attached hydrogens (primary N) is 1. The lowest BCUT2D eigenvalue weighted by molar-refractivity contribution is 1.38. The van der Waals surface area contributed by atoms with Crippen molar-refractivity contribution < 1.29 is 0 Å². The summed E-state index contributed by atoms with van der Waals surface area (Å²) in [6, 6.07) is 0. The predicted octanol–water partition coefficient (Wildman–Crippen LogP) is 1.99. The first-order valence-corrected chi connectivity index (χ1v) is 2.77. The first-order chi connectivity index (χ1) is 3.66. The fourth-order valence-electron chi connectivity index (χ4n) is 0.324. The number of halogens is 1. The Balaban J connectivity index is 3.89. The number of rotatable bonds is 1. The van der Waals surface area contributed by atoms with E-state index in [4.69, 9.17) is 17.3 Å². The van der Waals surface area contributed by atoms with E-state index < -0.39 is 0 Å². The average Bonchev–Trinajstić information content (AvgIpc) is 1.65. The van der Waals surface area contributed by atoms with Gasteiger partial charge in [-0.3, -0.25) is 0 Å². The normalized spacial score (nSPS) is 11.1. The molecule has 2 N–H and O–H groups in total. The van der Waals surface area contributed by atoms with Crippen molar-refractivity contribution in [3.05, 3.63) is 22.9 Å². The Morgan fingerprint density at radius 2 is 2.00 bits per heavy atom. The van der Waals surface area contributed by atoms with Crippen molar-refractivity contribution in [3.8, 4) is 0 Å². The summed E-state index contributed by atoms with van der Waals surface area (Å²) in [5, 5.41) is 0.588. The molecule has 0 fully saturated rings. The van der Waals surface area contributed by atoms with Gasteiger partial charge in [0.05, 0.1) is 5.03 Å². The molecule has 0 atom stereocenters. The Labute approximate surface area is 54.8 Å². The lowest BCUT2D eigenvalue weighted by atomic mass is 10.3.